The van der Waals surface area contributed by atoms with Gasteiger partial charge in [0, 0.05) is 49.5 Å². The molecule has 0 aliphatic carbocycles. The Hall–Kier alpha value is -3.14. The number of nitrogens with zero attached hydrogens (tertiary/aromatic N) is 3. The van der Waals surface area contributed by atoms with Gasteiger partial charge in [0.15, 0.2) is 0 Å². The second-order valence-electron chi connectivity index (χ2n) is 8.43. The van der Waals surface area contributed by atoms with E-state index in [2.05, 4.69) is 25.4 Å². The Labute approximate surface area is 202 Å². The molecule has 2 heterocycles. The zero-order chi connectivity index (χ0) is 23.9. The zero-order valence-corrected chi connectivity index (χ0v) is 19.9. The Balaban J connectivity index is 1.18. The normalized spacial score (nSPS) is 14.6. The van der Waals surface area contributed by atoms with Crippen molar-refractivity contribution < 1.29 is 14.0 Å². The van der Waals surface area contributed by atoms with Gasteiger partial charge in [0.1, 0.15) is 10.8 Å². The molecular formula is C25H28FN5O2S. The van der Waals surface area contributed by atoms with Crippen molar-refractivity contribution in [3.63, 3.8) is 0 Å². The van der Waals surface area contributed by atoms with Gasteiger partial charge in [-0.25, -0.2) is 9.37 Å². The summed E-state index contributed by atoms with van der Waals surface area (Å²) in [6.45, 7) is 6.20. The lowest BCUT2D eigenvalue weighted by Crippen LogP contribution is -2.48. The first-order chi connectivity index (χ1) is 16.4. The van der Waals surface area contributed by atoms with Crippen LogP contribution in [0.3, 0.4) is 0 Å². The average molecular weight is 482 g/mol. The minimum Gasteiger partial charge on any atom is -0.326 e. The maximum atomic E-state index is 13.3. The molecule has 1 fully saturated rings. The summed E-state index contributed by atoms with van der Waals surface area (Å²) in [5.74, 6) is -0.592. The number of rotatable bonds is 8. The molecular weight excluding hydrogens is 453 g/mol. The molecule has 0 saturated carbocycles. The Morgan fingerprint density at radius 1 is 0.971 bits per heavy atom. The molecule has 0 unspecified atom stereocenters. The van der Waals surface area contributed by atoms with Crippen LogP contribution in [0, 0.1) is 12.7 Å². The highest BCUT2D eigenvalue weighted by Gasteiger charge is 2.20. The molecule has 2 N–H and O–H groups in total. The minimum atomic E-state index is -0.372. The van der Waals surface area contributed by atoms with Crippen LogP contribution in [0.1, 0.15) is 16.3 Å². The molecule has 1 aliphatic heterocycles. The van der Waals surface area contributed by atoms with E-state index in [1.807, 2.05) is 36.6 Å². The fraction of sp³-hybridized carbons (Fsp3) is 0.320. The highest BCUT2D eigenvalue weighted by Crippen LogP contribution is 2.16. The Kier molecular flexibility index (Phi) is 7.99. The van der Waals surface area contributed by atoms with E-state index in [1.165, 1.54) is 23.5 Å². The SMILES string of the molecule is Cc1ccc(NC(=O)Cc2nc(CN3CCN(CC(=O)Nc4cccc(F)c4)CC3)cs2)cc1. The Bertz CT molecular complexity index is 1130. The number of anilines is 2. The number of aromatic nitrogens is 1. The quantitative estimate of drug-likeness (QED) is 0.515. The summed E-state index contributed by atoms with van der Waals surface area (Å²) in [5, 5.41) is 8.45. The van der Waals surface area contributed by atoms with E-state index in [-0.39, 0.29) is 30.6 Å². The predicted molar refractivity (Wildman–Crippen MR) is 132 cm³/mol. The van der Waals surface area contributed by atoms with Gasteiger partial charge in [0.05, 0.1) is 18.7 Å². The number of nitrogens with one attached hydrogen (secondary N) is 2. The predicted octanol–water partition coefficient (Wildman–Crippen LogP) is 3.53. The molecule has 2 aromatic carbocycles. The molecule has 9 heteroatoms. The number of carbonyl (C=O) groups is 2. The van der Waals surface area contributed by atoms with E-state index in [9.17, 15) is 14.0 Å². The average Bonchev–Trinajstić information content (AvgIpc) is 3.23. The van der Waals surface area contributed by atoms with Gasteiger partial charge in [0.25, 0.3) is 0 Å². The van der Waals surface area contributed by atoms with Crippen molar-refractivity contribution >= 4 is 34.5 Å². The molecule has 0 atom stereocenters. The fourth-order valence-corrected chi connectivity index (χ4v) is 4.57. The zero-order valence-electron chi connectivity index (χ0n) is 19.1. The van der Waals surface area contributed by atoms with Crippen LogP contribution in [0.4, 0.5) is 15.8 Å². The van der Waals surface area contributed by atoms with Gasteiger partial charge < -0.3 is 10.6 Å². The minimum absolute atomic E-state index is 0.0742. The summed E-state index contributed by atoms with van der Waals surface area (Å²) in [6, 6.07) is 13.6. The third-order valence-electron chi connectivity index (χ3n) is 5.57. The van der Waals surface area contributed by atoms with Crippen LogP contribution in [-0.4, -0.2) is 59.3 Å². The number of piperazine rings is 1. The van der Waals surface area contributed by atoms with Crippen molar-refractivity contribution in [1.82, 2.24) is 14.8 Å². The summed E-state index contributed by atoms with van der Waals surface area (Å²) in [7, 11) is 0. The van der Waals surface area contributed by atoms with Crippen LogP contribution in [-0.2, 0) is 22.6 Å². The number of hydrogen-bond acceptors (Lipinski definition) is 6. The summed E-state index contributed by atoms with van der Waals surface area (Å²) >= 11 is 1.50. The largest absolute Gasteiger partial charge is 0.326 e. The highest BCUT2D eigenvalue weighted by molar-refractivity contribution is 7.09. The van der Waals surface area contributed by atoms with Gasteiger partial charge in [-0.15, -0.1) is 11.3 Å². The van der Waals surface area contributed by atoms with Crippen molar-refractivity contribution in [2.45, 2.75) is 19.9 Å². The maximum Gasteiger partial charge on any atom is 0.238 e. The van der Waals surface area contributed by atoms with Crippen molar-refractivity contribution in [2.24, 2.45) is 0 Å². The molecule has 7 nitrogen and oxygen atoms in total. The van der Waals surface area contributed by atoms with Crippen molar-refractivity contribution in [2.75, 3.05) is 43.4 Å². The standard InChI is InChI=1S/C25H28FN5O2S/c1-18-5-7-20(8-6-18)27-23(32)14-25-29-22(17-34-25)15-30-9-11-31(12-10-30)16-24(33)28-21-4-2-3-19(26)13-21/h2-8,13,17H,9-12,14-16H2,1H3,(H,27,32)(H,28,33). The molecule has 1 saturated heterocycles. The van der Waals surface area contributed by atoms with E-state index >= 15 is 0 Å². The lowest BCUT2D eigenvalue weighted by Gasteiger charge is -2.33. The number of halogens is 1. The van der Waals surface area contributed by atoms with Gasteiger partial charge in [0.2, 0.25) is 11.8 Å². The Morgan fingerprint density at radius 3 is 2.41 bits per heavy atom. The van der Waals surface area contributed by atoms with Gasteiger partial charge in [-0.05, 0) is 37.3 Å². The van der Waals surface area contributed by atoms with E-state index in [0.29, 0.717) is 5.69 Å². The van der Waals surface area contributed by atoms with Crippen molar-refractivity contribution in [3.8, 4) is 0 Å². The van der Waals surface area contributed by atoms with Crippen LogP contribution in [0.15, 0.2) is 53.9 Å². The third kappa shape index (κ3) is 7.18. The number of carbonyl (C=O) groups excluding carboxylic acids is 2. The Morgan fingerprint density at radius 2 is 1.68 bits per heavy atom. The molecule has 0 radical (unpaired) electrons. The number of amides is 2. The highest BCUT2D eigenvalue weighted by atomic mass is 32.1. The van der Waals surface area contributed by atoms with Gasteiger partial charge >= 0.3 is 0 Å². The van der Waals surface area contributed by atoms with Crippen LogP contribution < -0.4 is 10.6 Å². The molecule has 178 valence electrons. The second kappa shape index (κ2) is 11.3. The fourth-order valence-electron chi connectivity index (χ4n) is 3.79. The molecule has 1 aliphatic rings. The number of thiazole rings is 1. The lowest BCUT2D eigenvalue weighted by molar-refractivity contribution is -0.118. The molecule has 34 heavy (non-hydrogen) atoms. The molecule has 0 spiro atoms. The van der Waals surface area contributed by atoms with Gasteiger partial charge in [-0.3, -0.25) is 19.4 Å². The first-order valence-electron chi connectivity index (χ1n) is 11.2. The summed E-state index contributed by atoms with van der Waals surface area (Å²) in [6.07, 6.45) is 0.257. The van der Waals surface area contributed by atoms with Crippen LogP contribution >= 0.6 is 11.3 Å². The lowest BCUT2D eigenvalue weighted by atomic mass is 10.2. The monoisotopic (exact) mass is 481 g/mol. The van der Waals surface area contributed by atoms with Gasteiger partial charge in [-0.2, -0.15) is 0 Å². The first-order valence-corrected chi connectivity index (χ1v) is 12.1. The number of aryl methyl sites for hydroxylation is 1. The van der Waals surface area contributed by atoms with Crippen LogP contribution in [0.2, 0.25) is 0 Å². The van der Waals surface area contributed by atoms with E-state index in [4.69, 9.17) is 0 Å². The number of benzene rings is 2. The van der Waals surface area contributed by atoms with Crippen molar-refractivity contribution in [1.29, 1.82) is 0 Å². The summed E-state index contributed by atoms with van der Waals surface area (Å²) in [5.41, 5.74) is 3.36. The second-order valence-corrected chi connectivity index (χ2v) is 9.38. The molecule has 0 bridgehead atoms. The van der Waals surface area contributed by atoms with Crippen LogP contribution in [0.5, 0.6) is 0 Å². The maximum absolute atomic E-state index is 13.3. The summed E-state index contributed by atoms with van der Waals surface area (Å²) in [4.78, 5) is 33.6. The molecule has 2 amide bonds. The topological polar surface area (TPSA) is 77.6 Å². The molecule has 3 aromatic rings. The van der Waals surface area contributed by atoms with Crippen molar-refractivity contribution in [3.05, 3.63) is 76.0 Å². The molecule has 1 aromatic heterocycles. The van der Waals surface area contributed by atoms with E-state index in [0.717, 1.165) is 54.7 Å². The molecule has 4 rings (SSSR count). The van der Waals surface area contributed by atoms with E-state index < -0.39 is 0 Å². The van der Waals surface area contributed by atoms with E-state index in [1.54, 1.807) is 12.1 Å². The van der Waals surface area contributed by atoms with Crippen LogP contribution in [0.25, 0.3) is 0 Å². The number of hydrogen-bond donors (Lipinski definition) is 2. The third-order valence-corrected chi connectivity index (χ3v) is 6.47. The first kappa shape index (κ1) is 24.0. The smallest absolute Gasteiger partial charge is 0.238 e. The summed E-state index contributed by atoms with van der Waals surface area (Å²) < 4.78 is 13.3. The van der Waals surface area contributed by atoms with Gasteiger partial charge in [-0.1, -0.05) is 23.8 Å².